The van der Waals surface area contributed by atoms with Crippen molar-refractivity contribution in [1.29, 1.82) is 0 Å². The molecule has 0 aromatic heterocycles. The highest BCUT2D eigenvalue weighted by molar-refractivity contribution is 5.06. The molecule has 0 amide bonds. The second kappa shape index (κ2) is 7.00. The Kier molecular flexibility index (Phi) is 5.97. The van der Waals surface area contributed by atoms with Gasteiger partial charge in [0, 0.05) is 5.92 Å². The van der Waals surface area contributed by atoms with Crippen LogP contribution >= 0.6 is 0 Å². The summed E-state index contributed by atoms with van der Waals surface area (Å²) in [4.78, 5) is 0. The van der Waals surface area contributed by atoms with Crippen LogP contribution in [-0.4, -0.2) is 11.2 Å². The van der Waals surface area contributed by atoms with Crippen molar-refractivity contribution >= 4 is 0 Å². The Balaban J connectivity index is 2.61. The molecule has 1 heteroatoms. The van der Waals surface area contributed by atoms with Crippen LogP contribution in [0.1, 0.15) is 59.3 Å². The number of allylic oxidation sites excluding steroid dienone is 2. The Labute approximate surface area is 107 Å². The third-order valence-electron chi connectivity index (χ3n) is 3.96. The van der Waals surface area contributed by atoms with E-state index < -0.39 is 0 Å². The number of rotatable bonds is 5. The molecule has 1 aliphatic carbocycles. The van der Waals surface area contributed by atoms with Crippen molar-refractivity contribution in [2.24, 2.45) is 11.8 Å². The standard InChI is InChI=1S/C16H28O/c1-12(2)10-11-15(13(3)4)16(17)14-8-6-5-7-9-14/h10,14-17H,3,5-9,11H2,1-2,4H3/t15-,16-/m1/s1. The molecule has 0 saturated heterocycles. The lowest BCUT2D eigenvalue weighted by molar-refractivity contribution is 0.0470. The second-order valence-corrected chi connectivity index (χ2v) is 5.86. The van der Waals surface area contributed by atoms with Crippen molar-refractivity contribution in [3.05, 3.63) is 23.8 Å². The Morgan fingerprint density at radius 1 is 1.24 bits per heavy atom. The molecule has 0 aromatic rings. The molecular weight excluding hydrogens is 208 g/mol. The summed E-state index contributed by atoms with van der Waals surface area (Å²) in [5.74, 6) is 0.740. The zero-order valence-corrected chi connectivity index (χ0v) is 11.7. The normalized spacial score (nSPS) is 20.7. The fraction of sp³-hybridized carbons (Fsp3) is 0.750. The highest BCUT2D eigenvalue weighted by Gasteiger charge is 2.28. The molecule has 0 heterocycles. The Bertz CT molecular complexity index is 267. The summed E-state index contributed by atoms with van der Waals surface area (Å²) in [5.41, 5.74) is 2.45. The first-order valence-corrected chi connectivity index (χ1v) is 6.99. The maximum atomic E-state index is 10.5. The maximum Gasteiger partial charge on any atom is 0.0636 e. The summed E-state index contributed by atoms with van der Waals surface area (Å²) in [6.07, 6.45) is 9.28. The molecule has 98 valence electrons. The summed E-state index contributed by atoms with van der Waals surface area (Å²) >= 11 is 0. The van der Waals surface area contributed by atoms with Gasteiger partial charge in [0.2, 0.25) is 0 Å². The van der Waals surface area contributed by atoms with E-state index in [-0.39, 0.29) is 12.0 Å². The van der Waals surface area contributed by atoms with Gasteiger partial charge < -0.3 is 5.11 Å². The fourth-order valence-corrected chi connectivity index (χ4v) is 2.80. The summed E-state index contributed by atoms with van der Waals surface area (Å²) in [7, 11) is 0. The predicted molar refractivity (Wildman–Crippen MR) is 74.9 cm³/mol. The zero-order valence-electron chi connectivity index (χ0n) is 11.7. The summed E-state index contributed by atoms with van der Waals surface area (Å²) in [6, 6.07) is 0. The average Bonchev–Trinajstić information content (AvgIpc) is 2.29. The molecule has 1 N–H and O–H groups in total. The summed E-state index contributed by atoms with van der Waals surface area (Å²) in [6.45, 7) is 10.3. The van der Waals surface area contributed by atoms with Gasteiger partial charge in [-0.05, 0) is 46.0 Å². The van der Waals surface area contributed by atoms with Crippen molar-refractivity contribution in [3.8, 4) is 0 Å². The van der Waals surface area contributed by atoms with Gasteiger partial charge in [0.05, 0.1) is 6.10 Å². The van der Waals surface area contributed by atoms with E-state index in [4.69, 9.17) is 0 Å². The van der Waals surface area contributed by atoms with Crippen LogP contribution in [0.5, 0.6) is 0 Å². The molecule has 0 aliphatic heterocycles. The van der Waals surface area contributed by atoms with Crippen LogP contribution in [0.3, 0.4) is 0 Å². The van der Waals surface area contributed by atoms with Gasteiger partial charge in [0.25, 0.3) is 0 Å². The van der Waals surface area contributed by atoms with Crippen LogP contribution in [0.2, 0.25) is 0 Å². The number of hydrogen-bond acceptors (Lipinski definition) is 1. The topological polar surface area (TPSA) is 20.2 Å². The van der Waals surface area contributed by atoms with Crippen LogP contribution in [0, 0.1) is 11.8 Å². The molecule has 1 aliphatic rings. The largest absolute Gasteiger partial charge is 0.392 e. The van der Waals surface area contributed by atoms with E-state index in [1.165, 1.54) is 37.7 Å². The van der Waals surface area contributed by atoms with Crippen LogP contribution in [0.4, 0.5) is 0 Å². The minimum Gasteiger partial charge on any atom is -0.392 e. The molecule has 1 rings (SSSR count). The van der Waals surface area contributed by atoms with Crippen molar-refractivity contribution < 1.29 is 5.11 Å². The monoisotopic (exact) mass is 236 g/mol. The molecule has 2 atom stereocenters. The van der Waals surface area contributed by atoms with Crippen LogP contribution in [0.25, 0.3) is 0 Å². The lowest BCUT2D eigenvalue weighted by Gasteiger charge is -2.32. The van der Waals surface area contributed by atoms with Crippen LogP contribution in [-0.2, 0) is 0 Å². The van der Waals surface area contributed by atoms with Crippen molar-refractivity contribution in [2.75, 3.05) is 0 Å². The Morgan fingerprint density at radius 2 is 1.82 bits per heavy atom. The van der Waals surface area contributed by atoms with E-state index in [1.54, 1.807) is 0 Å². The molecule has 1 nitrogen and oxygen atoms in total. The van der Waals surface area contributed by atoms with Crippen LogP contribution in [0.15, 0.2) is 23.8 Å². The van der Waals surface area contributed by atoms with Gasteiger partial charge in [-0.25, -0.2) is 0 Å². The minimum atomic E-state index is -0.191. The smallest absolute Gasteiger partial charge is 0.0636 e. The van der Waals surface area contributed by atoms with Gasteiger partial charge in [-0.2, -0.15) is 0 Å². The number of aliphatic hydroxyl groups excluding tert-OH is 1. The Hall–Kier alpha value is -0.560. The van der Waals surface area contributed by atoms with E-state index in [0.29, 0.717) is 5.92 Å². The highest BCUT2D eigenvalue weighted by Crippen LogP contribution is 2.33. The van der Waals surface area contributed by atoms with Crippen molar-refractivity contribution in [2.45, 2.75) is 65.4 Å². The van der Waals surface area contributed by atoms with E-state index in [1.807, 2.05) is 0 Å². The number of hydrogen-bond donors (Lipinski definition) is 1. The third kappa shape index (κ3) is 4.67. The van der Waals surface area contributed by atoms with Gasteiger partial charge in [-0.3, -0.25) is 0 Å². The molecule has 0 bridgehead atoms. The van der Waals surface area contributed by atoms with Gasteiger partial charge in [-0.1, -0.05) is 43.1 Å². The molecule has 17 heavy (non-hydrogen) atoms. The minimum absolute atomic E-state index is 0.191. The molecule has 0 aromatic carbocycles. The molecule has 1 saturated carbocycles. The fourth-order valence-electron chi connectivity index (χ4n) is 2.80. The van der Waals surface area contributed by atoms with Crippen molar-refractivity contribution in [3.63, 3.8) is 0 Å². The predicted octanol–water partition coefficient (Wildman–Crippen LogP) is 4.48. The van der Waals surface area contributed by atoms with E-state index in [0.717, 1.165) is 12.0 Å². The van der Waals surface area contributed by atoms with E-state index >= 15 is 0 Å². The molecule has 1 fully saturated rings. The lowest BCUT2D eigenvalue weighted by Crippen LogP contribution is -2.31. The van der Waals surface area contributed by atoms with E-state index in [2.05, 4.69) is 33.4 Å². The first-order chi connectivity index (χ1) is 8.02. The quantitative estimate of drug-likeness (QED) is 0.698. The molecule has 0 radical (unpaired) electrons. The van der Waals surface area contributed by atoms with Gasteiger partial charge in [-0.15, -0.1) is 0 Å². The average molecular weight is 236 g/mol. The highest BCUT2D eigenvalue weighted by atomic mass is 16.3. The SMILES string of the molecule is C=C(C)[C@@H](CC=C(C)C)[C@H](O)C1CCCCC1. The molecule has 0 spiro atoms. The van der Waals surface area contributed by atoms with Gasteiger partial charge >= 0.3 is 0 Å². The zero-order chi connectivity index (χ0) is 12.8. The van der Waals surface area contributed by atoms with E-state index in [9.17, 15) is 5.11 Å². The second-order valence-electron chi connectivity index (χ2n) is 5.86. The van der Waals surface area contributed by atoms with Crippen LogP contribution < -0.4 is 0 Å². The third-order valence-corrected chi connectivity index (χ3v) is 3.96. The summed E-state index contributed by atoms with van der Waals surface area (Å²) in [5, 5.41) is 10.5. The maximum absolute atomic E-state index is 10.5. The first kappa shape index (κ1) is 14.5. The summed E-state index contributed by atoms with van der Waals surface area (Å²) < 4.78 is 0. The first-order valence-electron chi connectivity index (χ1n) is 6.99. The van der Waals surface area contributed by atoms with Gasteiger partial charge in [0.15, 0.2) is 0 Å². The molecular formula is C16H28O. The number of aliphatic hydroxyl groups is 1. The Morgan fingerprint density at radius 3 is 2.29 bits per heavy atom. The lowest BCUT2D eigenvalue weighted by atomic mass is 9.77. The van der Waals surface area contributed by atoms with Crippen molar-refractivity contribution in [1.82, 2.24) is 0 Å². The molecule has 0 unspecified atom stereocenters. The van der Waals surface area contributed by atoms with Gasteiger partial charge in [0.1, 0.15) is 0 Å².